The van der Waals surface area contributed by atoms with Gasteiger partial charge in [0.2, 0.25) is 14.9 Å². The number of benzene rings is 1. The molecule has 0 saturated heterocycles. The molecule has 4 rings (SSSR count). The first-order valence-corrected chi connectivity index (χ1v) is 12.2. The average molecular weight is 480 g/mol. The quantitative estimate of drug-likeness (QED) is 0.332. The zero-order chi connectivity index (χ0) is 22.2. The number of aromatic nitrogens is 2. The second kappa shape index (κ2) is 7.84. The summed E-state index contributed by atoms with van der Waals surface area (Å²) in [6.45, 7) is 0. The van der Waals surface area contributed by atoms with Gasteiger partial charge in [-0.05, 0) is 18.2 Å². The number of hydrogen-bond acceptors (Lipinski definition) is 7. The molecule has 0 fully saturated rings. The van der Waals surface area contributed by atoms with E-state index in [2.05, 4.69) is 9.71 Å². The molecule has 0 aliphatic rings. The SMILES string of the molecule is O=S(=O)(Cc1ccc[n+]([O-])c1)c1ncc(Cl)cc1NS(=O)(=O)c1cc2ccccc2o1. The van der Waals surface area contributed by atoms with Crippen molar-refractivity contribution in [1.82, 2.24) is 4.98 Å². The highest BCUT2D eigenvalue weighted by molar-refractivity contribution is 7.93. The van der Waals surface area contributed by atoms with E-state index in [-0.39, 0.29) is 16.3 Å². The molecule has 3 aromatic heterocycles. The number of sulfonamides is 1. The molecule has 0 unspecified atom stereocenters. The standard InChI is InChI=1S/C19H14ClN3O6S2/c20-15-9-16(22-31(27,28)18-8-14-5-1-2-6-17(14)29-18)19(21-10-15)30(25,26)12-13-4-3-7-23(24)11-13/h1-11,22H,12H2. The van der Waals surface area contributed by atoms with E-state index in [1.165, 1.54) is 24.4 Å². The van der Waals surface area contributed by atoms with Gasteiger partial charge in [-0.2, -0.15) is 13.1 Å². The Hall–Kier alpha value is -3.15. The third-order valence-corrected chi connectivity index (χ3v) is 7.27. The van der Waals surface area contributed by atoms with E-state index >= 15 is 0 Å². The Morgan fingerprint density at radius 2 is 1.87 bits per heavy atom. The minimum atomic E-state index is -4.29. The van der Waals surface area contributed by atoms with Gasteiger partial charge in [0.05, 0.1) is 16.5 Å². The monoisotopic (exact) mass is 479 g/mol. The van der Waals surface area contributed by atoms with Crippen LogP contribution in [0, 0.1) is 5.21 Å². The maximum absolute atomic E-state index is 12.9. The van der Waals surface area contributed by atoms with Crippen molar-refractivity contribution in [2.24, 2.45) is 0 Å². The molecule has 0 spiro atoms. The van der Waals surface area contributed by atoms with Crippen LogP contribution in [-0.4, -0.2) is 21.8 Å². The fourth-order valence-electron chi connectivity index (χ4n) is 2.91. The second-order valence-corrected chi connectivity index (χ2v) is 10.5. The Labute approximate surface area is 182 Å². The largest absolute Gasteiger partial charge is 0.619 e. The molecule has 0 aliphatic heterocycles. The van der Waals surface area contributed by atoms with Gasteiger partial charge in [0, 0.05) is 29.3 Å². The highest BCUT2D eigenvalue weighted by Crippen LogP contribution is 2.29. The van der Waals surface area contributed by atoms with Crippen LogP contribution in [0.5, 0.6) is 0 Å². The third-order valence-electron chi connectivity index (χ3n) is 4.22. The summed E-state index contributed by atoms with van der Waals surface area (Å²) in [6, 6.07) is 12.0. The molecule has 0 amide bonds. The highest BCUT2D eigenvalue weighted by Gasteiger charge is 2.27. The Bertz CT molecular complexity index is 1470. The van der Waals surface area contributed by atoms with Crippen molar-refractivity contribution in [3.05, 3.63) is 82.9 Å². The molecule has 1 aromatic carbocycles. The number of sulfone groups is 1. The molecule has 12 heteroatoms. The van der Waals surface area contributed by atoms with Crippen LogP contribution < -0.4 is 9.45 Å². The molecule has 0 bridgehead atoms. The molecule has 0 aliphatic carbocycles. The number of furan rings is 1. The van der Waals surface area contributed by atoms with E-state index in [4.69, 9.17) is 16.0 Å². The number of nitrogens with zero attached hydrogens (tertiary/aromatic N) is 2. The first-order valence-electron chi connectivity index (χ1n) is 8.71. The van der Waals surface area contributed by atoms with E-state index < -0.39 is 35.7 Å². The summed E-state index contributed by atoms with van der Waals surface area (Å²) in [5.41, 5.74) is 0.231. The molecule has 31 heavy (non-hydrogen) atoms. The number of anilines is 1. The first kappa shape index (κ1) is 21.1. The second-order valence-electron chi connectivity index (χ2n) is 6.55. The van der Waals surface area contributed by atoms with Gasteiger partial charge >= 0.3 is 0 Å². The predicted octanol–water partition coefficient (Wildman–Crippen LogP) is 2.89. The number of pyridine rings is 2. The molecule has 1 N–H and O–H groups in total. The molecular formula is C19H14ClN3O6S2. The smallest absolute Gasteiger partial charge is 0.295 e. The zero-order valence-electron chi connectivity index (χ0n) is 15.6. The number of rotatable bonds is 6. The van der Waals surface area contributed by atoms with Crippen LogP contribution in [0.3, 0.4) is 0 Å². The summed E-state index contributed by atoms with van der Waals surface area (Å²) in [5.74, 6) is -0.565. The van der Waals surface area contributed by atoms with Gasteiger partial charge in [0.15, 0.2) is 17.4 Å². The molecule has 0 radical (unpaired) electrons. The highest BCUT2D eigenvalue weighted by atomic mass is 35.5. The Kier molecular flexibility index (Phi) is 5.33. The summed E-state index contributed by atoms with van der Waals surface area (Å²) in [7, 11) is -8.42. The molecule has 3 heterocycles. The summed E-state index contributed by atoms with van der Waals surface area (Å²) in [6.07, 6.45) is 3.40. The van der Waals surface area contributed by atoms with Crippen LogP contribution in [0.25, 0.3) is 11.0 Å². The van der Waals surface area contributed by atoms with Gasteiger partial charge in [-0.25, -0.2) is 13.4 Å². The van der Waals surface area contributed by atoms with E-state index in [1.807, 2.05) is 0 Å². The number of hydrogen-bond donors (Lipinski definition) is 1. The maximum atomic E-state index is 12.9. The van der Waals surface area contributed by atoms with Crippen molar-refractivity contribution in [3.63, 3.8) is 0 Å². The first-order chi connectivity index (χ1) is 14.6. The lowest BCUT2D eigenvalue weighted by molar-refractivity contribution is -0.605. The molecule has 160 valence electrons. The Morgan fingerprint density at radius 1 is 1.10 bits per heavy atom. The predicted molar refractivity (Wildman–Crippen MR) is 113 cm³/mol. The Morgan fingerprint density at radius 3 is 2.61 bits per heavy atom. The minimum absolute atomic E-state index is 0.0263. The van der Waals surface area contributed by atoms with E-state index in [0.717, 1.165) is 18.5 Å². The third kappa shape index (κ3) is 4.48. The summed E-state index contributed by atoms with van der Waals surface area (Å²) < 4.78 is 59.6. The van der Waals surface area contributed by atoms with E-state index in [0.29, 0.717) is 15.7 Å². The number of para-hydroxylation sites is 1. The van der Waals surface area contributed by atoms with E-state index in [1.54, 1.807) is 24.3 Å². The summed E-state index contributed by atoms with van der Waals surface area (Å²) in [4.78, 5) is 3.83. The zero-order valence-corrected chi connectivity index (χ0v) is 18.0. The van der Waals surface area contributed by atoms with Crippen LogP contribution in [-0.2, 0) is 25.6 Å². The number of fused-ring (bicyclic) bond motifs is 1. The lowest BCUT2D eigenvalue weighted by Gasteiger charge is -2.11. The van der Waals surface area contributed by atoms with Crippen molar-refractivity contribution in [2.45, 2.75) is 15.9 Å². The summed E-state index contributed by atoms with van der Waals surface area (Å²) in [5, 5.41) is 11.1. The molecular weight excluding hydrogens is 466 g/mol. The van der Waals surface area contributed by atoms with Gasteiger partial charge in [-0.3, -0.25) is 4.72 Å². The van der Waals surface area contributed by atoms with Crippen LogP contribution in [0.2, 0.25) is 5.02 Å². The van der Waals surface area contributed by atoms with Crippen LogP contribution >= 0.6 is 11.6 Å². The van der Waals surface area contributed by atoms with Crippen molar-refractivity contribution in [1.29, 1.82) is 0 Å². The summed E-state index contributed by atoms with van der Waals surface area (Å²) >= 11 is 5.93. The molecule has 0 atom stereocenters. The van der Waals surface area contributed by atoms with Crippen molar-refractivity contribution in [2.75, 3.05) is 4.72 Å². The lowest BCUT2D eigenvalue weighted by atomic mass is 10.3. The van der Waals surface area contributed by atoms with Gasteiger partial charge < -0.3 is 9.62 Å². The van der Waals surface area contributed by atoms with Gasteiger partial charge in [-0.1, -0.05) is 29.8 Å². The van der Waals surface area contributed by atoms with Crippen molar-refractivity contribution >= 4 is 48.1 Å². The van der Waals surface area contributed by atoms with Gasteiger partial charge in [0.25, 0.3) is 10.0 Å². The average Bonchev–Trinajstić information content (AvgIpc) is 3.12. The van der Waals surface area contributed by atoms with Crippen molar-refractivity contribution < 1.29 is 26.0 Å². The Balaban J connectivity index is 1.72. The van der Waals surface area contributed by atoms with Crippen LogP contribution in [0.15, 0.2) is 81.7 Å². The van der Waals surface area contributed by atoms with Crippen LogP contribution in [0.1, 0.15) is 5.56 Å². The topological polar surface area (TPSA) is 133 Å². The fourth-order valence-corrected chi connectivity index (χ4v) is 5.56. The minimum Gasteiger partial charge on any atom is -0.619 e. The van der Waals surface area contributed by atoms with Crippen LogP contribution in [0.4, 0.5) is 5.69 Å². The molecule has 4 aromatic rings. The van der Waals surface area contributed by atoms with Gasteiger partial charge in [-0.15, -0.1) is 0 Å². The molecule has 0 saturated carbocycles. The van der Waals surface area contributed by atoms with Crippen molar-refractivity contribution in [3.8, 4) is 0 Å². The fraction of sp³-hybridized carbons (Fsp3) is 0.0526. The van der Waals surface area contributed by atoms with E-state index in [9.17, 15) is 22.0 Å². The lowest BCUT2D eigenvalue weighted by Crippen LogP contribution is -2.25. The number of halogens is 1. The molecule has 9 nitrogen and oxygen atoms in total. The van der Waals surface area contributed by atoms with Gasteiger partial charge in [0.1, 0.15) is 5.58 Å². The normalized spacial score (nSPS) is 12.2. The number of nitrogens with one attached hydrogen (secondary N) is 1. The maximum Gasteiger partial charge on any atom is 0.295 e.